The standard InChI is InChI=1S/C20H22N2O3S/c1-14-12-15(22-10-4-5-11-22)8-9-17(14)21-19(23)13-26-18-7-3-2-6-16(18)20(24)25/h2-3,6-9,12H,4-5,10-11,13H2,1H3,(H,21,23)(H,24,25). The van der Waals surface area contributed by atoms with Gasteiger partial charge in [-0.05, 0) is 55.7 Å². The minimum absolute atomic E-state index is 0.146. The first-order valence-corrected chi connectivity index (χ1v) is 9.64. The normalized spacial score (nSPS) is 13.7. The topological polar surface area (TPSA) is 69.6 Å². The van der Waals surface area contributed by atoms with Crippen molar-refractivity contribution in [3.63, 3.8) is 0 Å². The highest BCUT2D eigenvalue weighted by atomic mass is 32.2. The first kappa shape index (κ1) is 18.3. The zero-order valence-corrected chi connectivity index (χ0v) is 15.5. The summed E-state index contributed by atoms with van der Waals surface area (Å²) in [6.45, 7) is 4.16. The molecule has 0 aromatic heterocycles. The number of nitrogens with one attached hydrogen (secondary N) is 1. The van der Waals surface area contributed by atoms with Crippen LogP contribution in [0, 0.1) is 6.92 Å². The number of carboxylic acids is 1. The number of carboxylic acid groups (broad SMARTS) is 1. The van der Waals surface area contributed by atoms with Gasteiger partial charge in [-0.1, -0.05) is 12.1 Å². The Balaban J connectivity index is 1.61. The first-order chi connectivity index (χ1) is 12.5. The Bertz CT molecular complexity index is 816. The summed E-state index contributed by atoms with van der Waals surface area (Å²) < 4.78 is 0. The highest BCUT2D eigenvalue weighted by molar-refractivity contribution is 8.00. The molecule has 1 amide bonds. The van der Waals surface area contributed by atoms with Crippen molar-refractivity contribution in [1.29, 1.82) is 0 Å². The molecule has 1 fully saturated rings. The van der Waals surface area contributed by atoms with Gasteiger partial charge >= 0.3 is 5.97 Å². The molecule has 1 saturated heterocycles. The lowest BCUT2D eigenvalue weighted by molar-refractivity contribution is -0.113. The van der Waals surface area contributed by atoms with Crippen LogP contribution in [0.3, 0.4) is 0 Å². The predicted octanol–water partition coefficient (Wildman–Crippen LogP) is 4.02. The number of aromatic carboxylic acids is 1. The number of hydrogen-bond donors (Lipinski definition) is 2. The Labute approximate surface area is 157 Å². The summed E-state index contributed by atoms with van der Waals surface area (Å²) in [5, 5.41) is 12.1. The summed E-state index contributed by atoms with van der Waals surface area (Å²) in [6.07, 6.45) is 2.46. The Morgan fingerprint density at radius 2 is 1.88 bits per heavy atom. The number of hydrogen-bond acceptors (Lipinski definition) is 4. The third-order valence-electron chi connectivity index (χ3n) is 4.43. The molecule has 0 atom stereocenters. The Kier molecular flexibility index (Phi) is 5.83. The second-order valence-corrected chi connectivity index (χ2v) is 7.35. The maximum atomic E-state index is 12.3. The van der Waals surface area contributed by atoms with Gasteiger partial charge < -0.3 is 15.3 Å². The van der Waals surface area contributed by atoms with E-state index >= 15 is 0 Å². The number of carbonyl (C=O) groups excluding carboxylic acids is 1. The molecule has 0 unspecified atom stereocenters. The number of carbonyl (C=O) groups is 2. The molecule has 0 aliphatic carbocycles. The fraction of sp³-hybridized carbons (Fsp3) is 0.300. The molecule has 1 aliphatic heterocycles. The highest BCUT2D eigenvalue weighted by Crippen LogP contribution is 2.26. The van der Waals surface area contributed by atoms with Crippen molar-refractivity contribution in [2.45, 2.75) is 24.7 Å². The van der Waals surface area contributed by atoms with Crippen LogP contribution in [0.25, 0.3) is 0 Å². The van der Waals surface area contributed by atoms with Gasteiger partial charge in [-0.2, -0.15) is 0 Å². The van der Waals surface area contributed by atoms with Gasteiger partial charge in [-0.15, -0.1) is 11.8 Å². The fourth-order valence-electron chi connectivity index (χ4n) is 3.06. The van der Waals surface area contributed by atoms with Crippen LogP contribution in [0.2, 0.25) is 0 Å². The second-order valence-electron chi connectivity index (χ2n) is 6.33. The van der Waals surface area contributed by atoms with E-state index in [1.54, 1.807) is 24.3 Å². The van der Waals surface area contributed by atoms with Gasteiger partial charge in [0.15, 0.2) is 0 Å². The average Bonchev–Trinajstić information content (AvgIpc) is 3.16. The predicted molar refractivity (Wildman–Crippen MR) is 105 cm³/mol. The molecule has 1 aliphatic rings. The Hall–Kier alpha value is -2.47. The summed E-state index contributed by atoms with van der Waals surface area (Å²) in [5.41, 5.74) is 3.24. The van der Waals surface area contributed by atoms with E-state index in [-0.39, 0.29) is 17.2 Å². The van der Waals surface area contributed by atoms with Crippen molar-refractivity contribution < 1.29 is 14.7 Å². The fourth-order valence-corrected chi connectivity index (χ4v) is 3.90. The van der Waals surface area contributed by atoms with Crippen molar-refractivity contribution in [2.75, 3.05) is 29.1 Å². The number of rotatable bonds is 6. The Morgan fingerprint density at radius 1 is 1.15 bits per heavy atom. The minimum atomic E-state index is -0.984. The molecule has 2 aromatic rings. The zero-order valence-electron chi connectivity index (χ0n) is 14.7. The van der Waals surface area contributed by atoms with Crippen LogP contribution in [0.4, 0.5) is 11.4 Å². The quantitative estimate of drug-likeness (QED) is 0.752. The number of anilines is 2. The monoisotopic (exact) mass is 370 g/mol. The van der Waals surface area contributed by atoms with E-state index in [9.17, 15) is 14.7 Å². The van der Waals surface area contributed by atoms with E-state index in [4.69, 9.17) is 0 Å². The second kappa shape index (κ2) is 8.27. The van der Waals surface area contributed by atoms with Crippen LogP contribution < -0.4 is 10.2 Å². The first-order valence-electron chi connectivity index (χ1n) is 8.65. The lowest BCUT2D eigenvalue weighted by Crippen LogP contribution is -2.18. The van der Waals surface area contributed by atoms with Gasteiger partial charge in [0.25, 0.3) is 0 Å². The summed E-state index contributed by atoms with van der Waals surface area (Å²) in [7, 11) is 0. The maximum Gasteiger partial charge on any atom is 0.336 e. The van der Waals surface area contributed by atoms with E-state index in [1.165, 1.54) is 30.3 Å². The number of nitrogens with zero attached hydrogens (tertiary/aromatic N) is 1. The molecule has 0 bridgehead atoms. The van der Waals surface area contributed by atoms with E-state index in [0.29, 0.717) is 4.90 Å². The third-order valence-corrected chi connectivity index (χ3v) is 5.51. The van der Waals surface area contributed by atoms with Gasteiger partial charge in [-0.25, -0.2) is 4.79 Å². The van der Waals surface area contributed by atoms with Gasteiger partial charge in [0.2, 0.25) is 5.91 Å². The molecule has 0 saturated carbocycles. The smallest absolute Gasteiger partial charge is 0.336 e. The van der Waals surface area contributed by atoms with Crippen LogP contribution in [0.5, 0.6) is 0 Å². The molecule has 2 aromatic carbocycles. The highest BCUT2D eigenvalue weighted by Gasteiger charge is 2.15. The number of amides is 1. The molecule has 6 heteroatoms. The van der Waals surface area contributed by atoms with E-state index < -0.39 is 5.97 Å². The van der Waals surface area contributed by atoms with E-state index in [2.05, 4.69) is 16.3 Å². The summed E-state index contributed by atoms with van der Waals surface area (Å²) in [5.74, 6) is -0.966. The summed E-state index contributed by atoms with van der Waals surface area (Å²) in [6, 6.07) is 12.8. The molecule has 136 valence electrons. The van der Waals surface area contributed by atoms with Gasteiger partial charge in [0.05, 0.1) is 11.3 Å². The SMILES string of the molecule is Cc1cc(N2CCCC2)ccc1NC(=O)CSc1ccccc1C(=O)O. The van der Waals surface area contributed by atoms with Crippen LogP contribution in [0.15, 0.2) is 47.4 Å². The van der Waals surface area contributed by atoms with Crippen molar-refractivity contribution in [3.05, 3.63) is 53.6 Å². The number of thioether (sulfide) groups is 1. The Morgan fingerprint density at radius 3 is 2.58 bits per heavy atom. The van der Waals surface area contributed by atoms with Crippen LogP contribution in [-0.2, 0) is 4.79 Å². The molecule has 5 nitrogen and oxygen atoms in total. The van der Waals surface area contributed by atoms with Crippen LogP contribution in [-0.4, -0.2) is 35.8 Å². The molecular formula is C20H22N2O3S. The zero-order chi connectivity index (χ0) is 18.5. The summed E-state index contributed by atoms with van der Waals surface area (Å²) in [4.78, 5) is 26.4. The average molecular weight is 370 g/mol. The number of benzene rings is 2. The lowest BCUT2D eigenvalue weighted by atomic mass is 10.1. The van der Waals surface area contributed by atoms with E-state index in [1.807, 2.05) is 19.1 Å². The molecule has 1 heterocycles. The van der Waals surface area contributed by atoms with E-state index in [0.717, 1.165) is 24.3 Å². The largest absolute Gasteiger partial charge is 0.478 e. The van der Waals surface area contributed by atoms with Gasteiger partial charge in [0, 0.05) is 29.4 Å². The molecule has 0 radical (unpaired) electrons. The maximum absolute atomic E-state index is 12.3. The lowest BCUT2D eigenvalue weighted by Gasteiger charge is -2.19. The van der Waals surface area contributed by atoms with Crippen LogP contribution >= 0.6 is 11.8 Å². The van der Waals surface area contributed by atoms with Crippen LogP contribution in [0.1, 0.15) is 28.8 Å². The molecule has 3 rings (SSSR count). The van der Waals surface area contributed by atoms with Crippen molar-refractivity contribution >= 4 is 35.0 Å². The molecule has 2 N–H and O–H groups in total. The van der Waals surface area contributed by atoms with Gasteiger partial charge in [-0.3, -0.25) is 4.79 Å². The minimum Gasteiger partial charge on any atom is -0.478 e. The summed E-state index contributed by atoms with van der Waals surface area (Å²) >= 11 is 1.23. The third kappa shape index (κ3) is 4.38. The molecule has 0 spiro atoms. The van der Waals surface area contributed by atoms with Gasteiger partial charge in [0.1, 0.15) is 0 Å². The molecule has 26 heavy (non-hydrogen) atoms. The van der Waals surface area contributed by atoms with Crippen molar-refractivity contribution in [2.24, 2.45) is 0 Å². The van der Waals surface area contributed by atoms with Crippen molar-refractivity contribution in [1.82, 2.24) is 0 Å². The van der Waals surface area contributed by atoms with Crippen molar-refractivity contribution in [3.8, 4) is 0 Å². The number of aryl methyl sites for hydroxylation is 1. The molecular weight excluding hydrogens is 348 g/mol.